The van der Waals surface area contributed by atoms with E-state index >= 15 is 0 Å². The maximum absolute atomic E-state index is 12.8. The van der Waals surface area contributed by atoms with Gasteiger partial charge in [-0.2, -0.15) is 0 Å². The number of aromatic nitrogens is 2. The van der Waals surface area contributed by atoms with Crippen LogP contribution in [0.3, 0.4) is 0 Å². The smallest absolute Gasteiger partial charge is 0.261 e. The first kappa shape index (κ1) is 14.2. The number of thiazole rings is 1. The topological polar surface area (TPSA) is 46.4 Å². The van der Waals surface area contributed by atoms with Crippen LogP contribution in [0.25, 0.3) is 15.3 Å². The molecule has 24 heavy (non-hydrogen) atoms. The molecule has 1 aliphatic carbocycles. The summed E-state index contributed by atoms with van der Waals surface area (Å²) in [6.07, 6.45) is 4.37. The molecular formula is C18H15N3OS2. The molecule has 1 fully saturated rings. The number of rotatable bonds is 4. The van der Waals surface area contributed by atoms with E-state index < -0.39 is 0 Å². The molecule has 1 atom stereocenters. The van der Waals surface area contributed by atoms with E-state index in [0.29, 0.717) is 5.92 Å². The number of nitrogens with zero attached hydrogens (tertiary/aromatic N) is 2. The van der Waals surface area contributed by atoms with E-state index in [4.69, 9.17) is 0 Å². The SMILES string of the molecule is O=C(NC(c1ccccc1)C1CC1)c1cc2c(nc3sccn32)s1. The number of fused-ring (bicyclic) bond motifs is 3. The lowest BCUT2D eigenvalue weighted by Crippen LogP contribution is -2.29. The summed E-state index contributed by atoms with van der Waals surface area (Å²) in [6.45, 7) is 0. The molecule has 120 valence electrons. The van der Waals surface area contributed by atoms with Gasteiger partial charge in [0.05, 0.1) is 16.4 Å². The third kappa shape index (κ3) is 2.34. The second-order valence-corrected chi connectivity index (χ2v) is 8.07. The third-order valence-corrected chi connectivity index (χ3v) is 6.28. The van der Waals surface area contributed by atoms with Gasteiger partial charge in [0.15, 0.2) is 4.96 Å². The minimum Gasteiger partial charge on any atom is -0.344 e. The van der Waals surface area contributed by atoms with E-state index in [1.807, 2.05) is 40.2 Å². The van der Waals surface area contributed by atoms with Gasteiger partial charge in [-0.3, -0.25) is 9.20 Å². The van der Waals surface area contributed by atoms with Crippen molar-refractivity contribution in [2.45, 2.75) is 18.9 Å². The highest BCUT2D eigenvalue weighted by molar-refractivity contribution is 7.21. The molecule has 0 aliphatic heterocycles. The van der Waals surface area contributed by atoms with Crippen LogP contribution in [-0.2, 0) is 0 Å². The van der Waals surface area contributed by atoms with Crippen molar-refractivity contribution in [2.75, 3.05) is 0 Å². The monoisotopic (exact) mass is 353 g/mol. The molecule has 1 aliphatic rings. The number of nitrogens with one attached hydrogen (secondary N) is 1. The van der Waals surface area contributed by atoms with Gasteiger partial charge in [0.25, 0.3) is 5.91 Å². The zero-order chi connectivity index (χ0) is 16.1. The fraction of sp³-hybridized carbons (Fsp3) is 0.222. The summed E-state index contributed by atoms with van der Waals surface area (Å²) in [6, 6.07) is 12.3. The second kappa shape index (κ2) is 5.43. The first-order valence-electron chi connectivity index (χ1n) is 8.00. The predicted octanol–water partition coefficient (Wildman–Crippen LogP) is 4.49. The summed E-state index contributed by atoms with van der Waals surface area (Å²) in [5, 5.41) is 5.25. The molecule has 0 saturated heterocycles. The highest BCUT2D eigenvalue weighted by Crippen LogP contribution is 2.41. The van der Waals surface area contributed by atoms with Crippen molar-refractivity contribution < 1.29 is 4.79 Å². The van der Waals surface area contributed by atoms with Gasteiger partial charge in [0.2, 0.25) is 0 Å². The summed E-state index contributed by atoms with van der Waals surface area (Å²) in [5.74, 6) is 0.563. The Balaban J connectivity index is 1.45. The standard InChI is InChI=1S/C18H15N3OS2/c22-16(19-15(12-6-7-12)11-4-2-1-3-5-11)14-10-13-17(24-14)20-18-21(13)8-9-23-18/h1-5,8-10,12,15H,6-7H2,(H,19,22). The lowest BCUT2D eigenvalue weighted by molar-refractivity contribution is 0.0936. The van der Waals surface area contributed by atoms with Crippen LogP contribution in [0.15, 0.2) is 48.0 Å². The maximum Gasteiger partial charge on any atom is 0.261 e. The molecule has 1 N–H and O–H groups in total. The van der Waals surface area contributed by atoms with Crippen LogP contribution in [0.1, 0.15) is 34.1 Å². The third-order valence-electron chi connectivity index (χ3n) is 4.50. The van der Waals surface area contributed by atoms with Crippen molar-refractivity contribution in [3.63, 3.8) is 0 Å². The van der Waals surface area contributed by atoms with Gasteiger partial charge in [-0.15, -0.1) is 22.7 Å². The Morgan fingerprint density at radius 3 is 2.92 bits per heavy atom. The molecule has 1 unspecified atom stereocenters. The molecular weight excluding hydrogens is 338 g/mol. The fourth-order valence-corrected chi connectivity index (χ4v) is 4.84. The fourth-order valence-electron chi connectivity index (χ4n) is 3.14. The van der Waals surface area contributed by atoms with Gasteiger partial charge in [-0.25, -0.2) is 4.98 Å². The zero-order valence-electron chi connectivity index (χ0n) is 12.8. The van der Waals surface area contributed by atoms with Crippen LogP contribution < -0.4 is 5.32 Å². The van der Waals surface area contributed by atoms with Crippen molar-refractivity contribution in [2.24, 2.45) is 5.92 Å². The molecule has 4 aromatic rings. The van der Waals surface area contributed by atoms with Crippen molar-refractivity contribution in [3.05, 3.63) is 58.4 Å². The number of carbonyl (C=O) groups excluding carboxylic acids is 1. The Morgan fingerprint density at radius 2 is 2.12 bits per heavy atom. The van der Waals surface area contributed by atoms with E-state index in [-0.39, 0.29) is 11.9 Å². The normalized spacial score (nSPS) is 15.8. The van der Waals surface area contributed by atoms with Gasteiger partial charge < -0.3 is 5.32 Å². The summed E-state index contributed by atoms with van der Waals surface area (Å²) in [5.41, 5.74) is 2.21. The summed E-state index contributed by atoms with van der Waals surface area (Å²) >= 11 is 3.08. The van der Waals surface area contributed by atoms with Gasteiger partial charge in [-0.1, -0.05) is 30.3 Å². The van der Waals surface area contributed by atoms with E-state index in [9.17, 15) is 4.79 Å². The van der Waals surface area contributed by atoms with Crippen LogP contribution in [0.5, 0.6) is 0 Å². The summed E-state index contributed by atoms with van der Waals surface area (Å²) < 4.78 is 2.04. The zero-order valence-corrected chi connectivity index (χ0v) is 14.4. The summed E-state index contributed by atoms with van der Waals surface area (Å²) in [4.78, 5) is 20.0. The highest BCUT2D eigenvalue weighted by Gasteiger charge is 2.33. The lowest BCUT2D eigenvalue weighted by Gasteiger charge is -2.18. The van der Waals surface area contributed by atoms with Gasteiger partial charge >= 0.3 is 0 Å². The molecule has 4 nitrogen and oxygen atoms in total. The Labute approximate surface area is 146 Å². The van der Waals surface area contributed by atoms with Crippen LogP contribution in [0.4, 0.5) is 0 Å². The molecule has 3 heterocycles. The van der Waals surface area contributed by atoms with E-state index in [0.717, 1.165) is 20.2 Å². The number of thiophene rings is 1. The predicted molar refractivity (Wildman–Crippen MR) is 97.8 cm³/mol. The Bertz CT molecular complexity index is 1030. The molecule has 6 heteroatoms. The van der Waals surface area contributed by atoms with Crippen LogP contribution in [0.2, 0.25) is 0 Å². The average Bonchev–Trinajstić information content (AvgIpc) is 3.05. The van der Waals surface area contributed by atoms with Crippen LogP contribution in [0, 0.1) is 5.92 Å². The number of hydrogen-bond donors (Lipinski definition) is 1. The first-order valence-corrected chi connectivity index (χ1v) is 9.70. The van der Waals surface area contributed by atoms with Gasteiger partial charge in [-0.05, 0) is 30.4 Å². The molecule has 0 radical (unpaired) electrons. The molecule has 1 aromatic carbocycles. The Kier molecular flexibility index (Phi) is 3.21. The maximum atomic E-state index is 12.8. The van der Waals surface area contributed by atoms with E-state index in [1.54, 1.807) is 11.3 Å². The molecule has 5 rings (SSSR count). The molecule has 0 bridgehead atoms. The van der Waals surface area contributed by atoms with Crippen molar-refractivity contribution in [3.8, 4) is 0 Å². The van der Waals surface area contributed by atoms with Crippen molar-refractivity contribution in [1.29, 1.82) is 0 Å². The van der Waals surface area contributed by atoms with E-state index in [1.165, 1.54) is 29.7 Å². The molecule has 3 aromatic heterocycles. The molecule has 0 spiro atoms. The lowest BCUT2D eigenvalue weighted by atomic mass is 10.0. The molecule has 1 saturated carbocycles. The Morgan fingerprint density at radius 1 is 1.29 bits per heavy atom. The summed E-state index contributed by atoms with van der Waals surface area (Å²) in [7, 11) is 0. The average molecular weight is 353 g/mol. The first-order chi connectivity index (χ1) is 11.8. The highest BCUT2D eigenvalue weighted by atomic mass is 32.1. The number of imidazole rings is 1. The van der Waals surface area contributed by atoms with Gasteiger partial charge in [0.1, 0.15) is 4.83 Å². The van der Waals surface area contributed by atoms with Crippen molar-refractivity contribution in [1.82, 2.24) is 14.7 Å². The minimum atomic E-state index is 0.00253. The van der Waals surface area contributed by atoms with Crippen LogP contribution in [-0.4, -0.2) is 15.3 Å². The minimum absolute atomic E-state index is 0.00253. The van der Waals surface area contributed by atoms with Gasteiger partial charge in [0, 0.05) is 11.6 Å². The number of benzene rings is 1. The number of hydrogen-bond acceptors (Lipinski definition) is 4. The largest absolute Gasteiger partial charge is 0.344 e. The van der Waals surface area contributed by atoms with Crippen LogP contribution >= 0.6 is 22.7 Å². The van der Waals surface area contributed by atoms with Crippen molar-refractivity contribution >= 4 is 43.9 Å². The number of carbonyl (C=O) groups is 1. The van der Waals surface area contributed by atoms with E-state index in [2.05, 4.69) is 22.4 Å². The quantitative estimate of drug-likeness (QED) is 0.587. The number of amides is 1. The molecule has 1 amide bonds. The Hall–Kier alpha value is -2.18. The second-order valence-electron chi connectivity index (χ2n) is 6.17.